The van der Waals surface area contributed by atoms with Gasteiger partial charge in [-0.2, -0.15) is 13.2 Å². The summed E-state index contributed by atoms with van der Waals surface area (Å²) >= 11 is 0. The Kier molecular flexibility index (Phi) is 5.14. The summed E-state index contributed by atoms with van der Waals surface area (Å²) < 4.78 is 49.9. The van der Waals surface area contributed by atoms with Crippen molar-refractivity contribution in [2.75, 3.05) is 25.5 Å². The summed E-state index contributed by atoms with van der Waals surface area (Å²) in [5.74, 6) is 1.09. The zero-order valence-corrected chi connectivity index (χ0v) is 15.0. The molecule has 1 fully saturated rings. The Morgan fingerprint density at radius 1 is 1.33 bits per heavy atom. The number of halogens is 3. The molecule has 6 nitrogen and oxygen atoms in total. The number of rotatable bonds is 3. The lowest BCUT2D eigenvalue weighted by molar-refractivity contribution is -0.280. The number of methoxy groups -OCH3 is 1. The standard InChI is InChI=1S/C18H20F3N3O3/c1-12-11-22-15(27-12)13-4-3-5-14(10-13)23-16(25)24-8-6-17(26-2,7-9-24)18(19,20)21/h3-5,10-11H,6-9H2,1-2H3,(H,23,25). The number of nitrogens with zero attached hydrogens (tertiary/aromatic N) is 2. The van der Waals surface area contributed by atoms with Gasteiger partial charge in [0.2, 0.25) is 5.89 Å². The lowest BCUT2D eigenvalue weighted by Gasteiger charge is -2.41. The molecule has 0 saturated carbocycles. The zero-order chi connectivity index (χ0) is 19.7. The number of ether oxygens (including phenoxy) is 1. The number of urea groups is 1. The predicted octanol–water partition coefficient (Wildman–Crippen LogP) is 4.23. The maximum atomic E-state index is 13.2. The topological polar surface area (TPSA) is 67.6 Å². The van der Waals surface area contributed by atoms with Gasteiger partial charge in [-0.1, -0.05) is 6.07 Å². The molecule has 3 rings (SSSR count). The number of oxazole rings is 1. The van der Waals surface area contributed by atoms with E-state index in [9.17, 15) is 18.0 Å². The highest BCUT2D eigenvalue weighted by Crippen LogP contribution is 2.41. The van der Waals surface area contributed by atoms with Crippen LogP contribution in [-0.4, -0.2) is 47.9 Å². The average molecular weight is 383 g/mol. The molecule has 1 aromatic heterocycles. The van der Waals surface area contributed by atoms with Gasteiger partial charge in [-0.05, 0) is 25.1 Å². The molecule has 0 radical (unpaired) electrons. The molecule has 2 aromatic rings. The minimum atomic E-state index is -4.47. The Labute approximate surface area is 154 Å². The Hall–Kier alpha value is -2.55. The third-order valence-electron chi connectivity index (χ3n) is 4.75. The van der Waals surface area contributed by atoms with Crippen LogP contribution in [0.4, 0.5) is 23.7 Å². The molecule has 27 heavy (non-hydrogen) atoms. The predicted molar refractivity (Wildman–Crippen MR) is 92.3 cm³/mol. The van der Waals surface area contributed by atoms with Crippen molar-refractivity contribution in [2.45, 2.75) is 31.5 Å². The number of hydrogen-bond donors (Lipinski definition) is 1. The van der Waals surface area contributed by atoms with Crippen LogP contribution in [-0.2, 0) is 4.74 Å². The van der Waals surface area contributed by atoms with Gasteiger partial charge in [0.1, 0.15) is 5.76 Å². The van der Waals surface area contributed by atoms with Crippen LogP contribution in [0.2, 0.25) is 0 Å². The van der Waals surface area contributed by atoms with E-state index < -0.39 is 17.8 Å². The molecule has 1 N–H and O–H groups in total. The first kappa shape index (κ1) is 19.2. The minimum Gasteiger partial charge on any atom is -0.441 e. The number of alkyl halides is 3. The van der Waals surface area contributed by atoms with E-state index >= 15 is 0 Å². The second kappa shape index (κ2) is 7.22. The van der Waals surface area contributed by atoms with Crippen LogP contribution >= 0.6 is 0 Å². The van der Waals surface area contributed by atoms with Crippen molar-refractivity contribution in [1.82, 2.24) is 9.88 Å². The molecule has 1 aromatic carbocycles. The van der Waals surface area contributed by atoms with Gasteiger partial charge < -0.3 is 19.4 Å². The quantitative estimate of drug-likeness (QED) is 0.862. The molecule has 1 saturated heterocycles. The Bertz CT molecular complexity index is 811. The van der Waals surface area contributed by atoms with Crippen LogP contribution in [0.25, 0.3) is 11.5 Å². The molecular formula is C18H20F3N3O3. The van der Waals surface area contributed by atoms with Gasteiger partial charge in [-0.3, -0.25) is 0 Å². The first-order valence-corrected chi connectivity index (χ1v) is 8.45. The van der Waals surface area contributed by atoms with Gasteiger partial charge in [0.15, 0.2) is 5.60 Å². The first-order chi connectivity index (χ1) is 12.7. The summed E-state index contributed by atoms with van der Waals surface area (Å²) in [5.41, 5.74) is -0.991. The lowest BCUT2D eigenvalue weighted by atomic mass is 9.90. The summed E-state index contributed by atoms with van der Waals surface area (Å²) in [6.45, 7) is 1.69. The number of hydrogen-bond acceptors (Lipinski definition) is 4. The average Bonchev–Trinajstić information content (AvgIpc) is 3.07. The summed E-state index contributed by atoms with van der Waals surface area (Å²) in [5, 5.41) is 2.71. The number of benzene rings is 1. The van der Waals surface area contributed by atoms with Gasteiger partial charge in [-0.15, -0.1) is 0 Å². The van der Waals surface area contributed by atoms with Gasteiger partial charge in [0.25, 0.3) is 0 Å². The molecule has 0 bridgehead atoms. The summed E-state index contributed by atoms with van der Waals surface area (Å²) in [4.78, 5) is 17.9. The zero-order valence-electron chi connectivity index (χ0n) is 15.0. The molecule has 0 atom stereocenters. The molecule has 146 valence electrons. The highest BCUT2D eigenvalue weighted by molar-refractivity contribution is 5.90. The number of aromatic nitrogens is 1. The van der Waals surface area contributed by atoms with Crippen molar-refractivity contribution in [3.8, 4) is 11.5 Å². The SMILES string of the molecule is COC1(C(F)(F)F)CCN(C(=O)Nc2cccc(-c3ncc(C)o3)c2)CC1. The second-order valence-corrected chi connectivity index (χ2v) is 6.47. The molecule has 2 heterocycles. The van der Waals surface area contributed by atoms with Gasteiger partial charge in [-0.25, -0.2) is 9.78 Å². The molecular weight excluding hydrogens is 363 g/mol. The smallest absolute Gasteiger partial charge is 0.417 e. The highest BCUT2D eigenvalue weighted by Gasteiger charge is 2.56. The van der Waals surface area contributed by atoms with E-state index in [2.05, 4.69) is 10.3 Å². The van der Waals surface area contributed by atoms with Crippen molar-refractivity contribution < 1.29 is 27.1 Å². The molecule has 0 unspecified atom stereocenters. The van der Waals surface area contributed by atoms with E-state index in [0.29, 0.717) is 22.9 Å². The molecule has 0 spiro atoms. The van der Waals surface area contributed by atoms with E-state index in [0.717, 1.165) is 7.11 Å². The maximum Gasteiger partial charge on any atom is 0.417 e. The minimum absolute atomic E-state index is 0.0438. The van der Waals surface area contributed by atoms with Crippen LogP contribution in [0.1, 0.15) is 18.6 Å². The van der Waals surface area contributed by atoms with Gasteiger partial charge in [0.05, 0.1) is 6.20 Å². The number of carbonyl (C=O) groups excluding carboxylic acids is 1. The van der Waals surface area contributed by atoms with E-state index in [1.54, 1.807) is 37.4 Å². The number of likely N-dealkylation sites (tertiary alicyclic amines) is 1. The van der Waals surface area contributed by atoms with Crippen molar-refractivity contribution in [3.63, 3.8) is 0 Å². The van der Waals surface area contributed by atoms with E-state index in [1.807, 2.05) is 0 Å². The number of anilines is 1. The highest BCUT2D eigenvalue weighted by atomic mass is 19.4. The Morgan fingerprint density at radius 2 is 2.04 bits per heavy atom. The third kappa shape index (κ3) is 3.92. The fourth-order valence-corrected chi connectivity index (χ4v) is 3.10. The number of nitrogens with one attached hydrogen (secondary N) is 1. The molecule has 0 aliphatic carbocycles. The Balaban J connectivity index is 1.65. The summed E-state index contributed by atoms with van der Waals surface area (Å²) in [7, 11) is 1.05. The summed E-state index contributed by atoms with van der Waals surface area (Å²) in [6.07, 6.45) is -3.46. The van der Waals surface area contributed by atoms with Crippen molar-refractivity contribution >= 4 is 11.7 Å². The molecule has 1 aliphatic rings. The van der Waals surface area contributed by atoms with E-state index in [1.165, 1.54) is 4.90 Å². The maximum absolute atomic E-state index is 13.2. The fraction of sp³-hybridized carbons (Fsp3) is 0.444. The van der Waals surface area contributed by atoms with Crippen LogP contribution < -0.4 is 5.32 Å². The van der Waals surface area contributed by atoms with E-state index in [4.69, 9.17) is 9.15 Å². The van der Waals surface area contributed by atoms with Crippen LogP contribution in [0.3, 0.4) is 0 Å². The van der Waals surface area contributed by atoms with E-state index in [-0.39, 0.29) is 25.9 Å². The monoisotopic (exact) mass is 383 g/mol. The first-order valence-electron chi connectivity index (χ1n) is 8.45. The van der Waals surface area contributed by atoms with Crippen LogP contribution in [0.15, 0.2) is 34.9 Å². The fourth-order valence-electron chi connectivity index (χ4n) is 3.10. The second-order valence-electron chi connectivity index (χ2n) is 6.47. The van der Waals surface area contributed by atoms with Crippen LogP contribution in [0, 0.1) is 6.92 Å². The van der Waals surface area contributed by atoms with Gasteiger partial charge in [0, 0.05) is 44.3 Å². The normalized spacial score (nSPS) is 17.0. The number of piperidine rings is 1. The summed E-state index contributed by atoms with van der Waals surface area (Å²) in [6, 6.07) is 6.46. The lowest BCUT2D eigenvalue weighted by Crippen LogP contribution is -2.56. The molecule has 1 aliphatic heterocycles. The number of carbonyl (C=O) groups is 1. The van der Waals surface area contributed by atoms with Crippen molar-refractivity contribution in [2.24, 2.45) is 0 Å². The third-order valence-corrected chi connectivity index (χ3v) is 4.75. The van der Waals surface area contributed by atoms with Crippen molar-refractivity contribution in [3.05, 3.63) is 36.2 Å². The Morgan fingerprint density at radius 3 is 2.59 bits per heavy atom. The number of amides is 2. The van der Waals surface area contributed by atoms with Crippen LogP contribution in [0.5, 0.6) is 0 Å². The number of aryl methyl sites for hydroxylation is 1. The van der Waals surface area contributed by atoms with Gasteiger partial charge >= 0.3 is 12.2 Å². The molecule has 9 heteroatoms. The van der Waals surface area contributed by atoms with Crippen molar-refractivity contribution in [1.29, 1.82) is 0 Å². The molecule has 2 amide bonds. The largest absolute Gasteiger partial charge is 0.441 e.